The molecule has 0 spiro atoms. The average molecular weight is 489 g/mol. The number of aliphatic hydroxyl groups is 1. The minimum Gasteiger partial charge on any atom is -0.515 e. The van der Waals surface area contributed by atoms with Crippen LogP contribution in [0.3, 0.4) is 0 Å². The summed E-state index contributed by atoms with van der Waals surface area (Å²) in [5.41, 5.74) is 4.26. The van der Waals surface area contributed by atoms with Crippen molar-refractivity contribution >= 4 is 11.6 Å². The number of hydrogen-bond donors (Lipinski definition) is 1. The first-order valence-corrected chi connectivity index (χ1v) is 12.7. The van der Waals surface area contributed by atoms with Crippen LogP contribution in [0.2, 0.25) is 0 Å². The van der Waals surface area contributed by atoms with Crippen LogP contribution in [0.1, 0.15) is 38.1 Å². The lowest BCUT2D eigenvalue weighted by Gasteiger charge is -2.47. The van der Waals surface area contributed by atoms with E-state index in [0.29, 0.717) is 25.2 Å². The minimum atomic E-state index is -0.349. The molecule has 9 heteroatoms. The first-order valence-electron chi connectivity index (χ1n) is 12.7. The van der Waals surface area contributed by atoms with Crippen molar-refractivity contribution in [2.24, 2.45) is 18.9 Å². The summed E-state index contributed by atoms with van der Waals surface area (Å²) >= 11 is 0. The zero-order valence-electron chi connectivity index (χ0n) is 21.0. The SMILES string of the molecule is C[C@H]1C(=O)/C(=C\O)C[C@@]2(C)c3nc(-c4ccnc(N5CCOCC5)c4)n(-c4cnn(C)c4)c3CC[C@H]12. The van der Waals surface area contributed by atoms with E-state index in [1.54, 1.807) is 4.68 Å². The molecular weight excluding hydrogens is 456 g/mol. The van der Waals surface area contributed by atoms with Crippen LogP contribution in [0.5, 0.6) is 0 Å². The third kappa shape index (κ3) is 3.48. The van der Waals surface area contributed by atoms with Crippen molar-refractivity contribution in [2.45, 2.75) is 38.5 Å². The lowest BCUT2D eigenvalue weighted by Crippen LogP contribution is -2.48. The zero-order chi connectivity index (χ0) is 25.0. The number of carbonyl (C=O) groups is 1. The number of aliphatic hydroxyl groups excluding tert-OH is 1. The van der Waals surface area contributed by atoms with Crippen LogP contribution in [0, 0.1) is 11.8 Å². The molecule has 36 heavy (non-hydrogen) atoms. The van der Waals surface area contributed by atoms with Gasteiger partial charge in [-0.15, -0.1) is 0 Å². The van der Waals surface area contributed by atoms with Gasteiger partial charge in [-0.3, -0.25) is 14.0 Å². The van der Waals surface area contributed by atoms with Gasteiger partial charge in [0.05, 0.1) is 37.1 Å². The summed E-state index contributed by atoms with van der Waals surface area (Å²) in [4.78, 5) is 25.1. The number of ketones is 1. The van der Waals surface area contributed by atoms with Crippen LogP contribution in [0.25, 0.3) is 17.1 Å². The van der Waals surface area contributed by atoms with Crippen molar-refractivity contribution in [2.75, 3.05) is 31.2 Å². The first-order chi connectivity index (χ1) is 17.4. The zero-order valence-corrected chi connectivity index (χ0v) is 21.0. The van der Waals surface area contributed by atoms with E-state index in [1.165, 1.54) is 0 Å². The van der Waals surface area contributed by atoms with E-state index in [0.717, 1.165) is 66.5 Å². The van der Waals surface area contributed by atoms with E-state index in [1.807, 2.05) is 38.6 Å². The van der Waals surface area contributed by atoms with Gasteiger partial charge in [-0.2, -0.15) is 5.10 Å². The Labute approximate surface area is 210 Å². The molecule has 1 saturated heterocycles. The van der Waals surface area contributed by atoms with E-state index in [4.69, 9.17) is 9.72 Å². The van der Waals surface area contributed by atoms with E-state index in [9.17, 15) is 9.90 Å². The number of allylic oxidation sites excluding steroid dienone is 1. The van der Waals surface area contributed by atoms with E-state index < -0.39 is 0 Å². The van der Waals surface area contributed by atoms with Gasteiger partial charge in [0.25, 0.3) is 0 Å². The number of Topliss-reactive ketones (excluding diaryl/α,β-unsaturated/α-hetero) is 1. The third-order valence-corrected chi connectivity index (χ3v) is 8.36. The van der Waals surface area contributed by atoms with Gasteiger partial charge in [0.15, 0.2) is 5.78 Å². The van der Waals surface area contributed by atoms with Gasteiger partial charge >= 0.3 is 0 Å². The minimum absolute atomic E-state index is 0.0552. The Morgan fingerprint density at radius 1 is 1.28 bits per heavy atom. The molecule has 0 bridgehead atoms. The third-order valence-electron chi connectivity index (χ3n) is 8.36. The molecular formula is C27H32N6O3. The normalized spacial score (nSPS) is 27.2. The second kappa shape index (κ2) is 8.58. The van der Waals surface area contributed by atoms with Gasteiger partial charge in [0, 0.05) is 60.7 Å². The fraction of sp³-hybridized carbons (Fsp3) is 0.481. The second-order valence-electron chi connectivity index (χ2n) is 10.5. The lowest BCUT2D eigenvalue weighted by atomic mass is 9.56. The smallest absolute Gasteiger partial charge is 0.165 e. The number of carbonyl (C=O) groups excluding carboxylic acids is 1. The Bertz CT molecular complexity index is 1350. The van der Waals surface area contributed by atoms with Crippen LogP contribution < -0.4 is 4.90 Å². The van der Waals surface area contributed by atoms with Crippen molar-refractivity contribution in [3.63, 3.8) is 0 Å². The maximum absolute atomic E-state index is 12.9. The molecule has 1 aliphatic heterocycles. The van der Waals surface area contributed by atoms with Crippen LogP contribution >= 0.6 is 0 Å². The monoisotopic (exact) mass is 488 g/mol. The number of morpholine rings is 1. The molecule has 0 radical (unpaired) electrons. The Morgan fingerprint density at radius 2 is 2.08 bits per heavy atom. The van der Waals surface area contributed by atoms with Crippen LogP contribution in [-0.4, -0.2) is 61.5 Å². The highest BCUT2D eigenvalue weighted by molar-refractivity contribution is 5.98. The number of imidazole rings is 1. The Kier molecular flexibility index (Phi) is 5.48. The van der Waals surface area contributed by atoms with Crippen molar-refractivity contribution < 1.29 is 14.6 Å². The summed E-state index contributed by atoms with van der Waals surface area (Å²) in [6.45, 7) is 7.22. The summed E-state index contributed by atoms with van der Waals surface area (Å²) in [6, 6.07) is 4.12. The Morgan fingerprint density at radius 3 is 2.81 bits per heavy atom. The fourth-order valence-corrected chi connectivity index (χ4v) is 6.53. The molecule has 0 unspecified atom stereocenters. The fourth-order valence-electron chi connectivity index (χ4n) is 6.53. The van der Waals surface area contributed by atoms with Crippen LogP contribution in [-0.2, 0) is 28.4 Å². The molecule has 0 aromatic carbocycles. The molecule has 4 heterocycles. The molecule has 2 aliphatic carbocycles. The topological polar surface area (TPSA) is 98.3 Å². The maximum atomic E-state index is 12.9. The van der Waals surface area contributed by atoms with Gasteiger partial charge in [-0.25, -0.2) is 9.97 Å². The van der Waals surface area contributed by atoms with E-state index >= 15 is 0 Å². The predicted molar refractivity (Wildman–Crippen MR) is 135 cm³/mol. The van der Waals surface area contributed by atoms with E-state index in [2.05, 4.69) is 32.5 Å². The first kappa shape index (κ1) is 23.0. The molecule has 0 amide bonds. The van der Waals surface area contributed by atoms with Gasteiger partial charge in [0.1, 0.15) is 11.6 Å². The molecule has 9 nitrogen and oxygen atoms in total. The van der Waals surface area contributed by atoms with Gasteiger partial charge in [0.2, 0.25) is 0 Å². The van der Waals surface area contributed by atoms with Crippen molar-refractivity contribution in [3.05, 3.63) is 53.9 Å². The molecule has 1 N–H and O–H groups in total. The Hall–Kier alpha value is -3.46. The number of hydrogen-bond acceptors (Lipinski definition) is 7. The van der Waals surface area contributed by atoms with Crippen molar-refractivity contribution in [3.8, 4) is 17.1 Å². The highest BCUT2D eigenvalue weighted by atomic mass is 16.5. The maximum Gasteiger partial charge on any atom is 0.165 e. The molecule has 6 rings (SSSR count). The summed E-state index contributed by atoms with van der Waals surface area (Å²) < 4.78 is 9.56. The molecule has 2 fully saturated rings. The average Bonchev–Trinajstić information content (AvgIpc) is 3.51. The standard InChI is InChI=1S/C27H32N6O3/c1-17-21-4-5-22-25(27(21,2)13-19(16-34)24(17)35)30-26(33(22)20-14-29-31(3)15-20)18-6-7-28-23(12-18)32-8-10-36-11-9-32/h6-7,12,14-17,21,34H,4-5,8-11,13H2,1-3H3/b19-16-/t17-,21-,27-/m1/s1. The highest BCUT2D eigenvalue weighted by Crippen LogP contribution is 2.53. The lowest BCUT2D eigenvalue weighted by molar-refractivity contribution is -0.124. The van der Waals surface area contributed by atoms with E-state index in [-0.39, 0.29) is 23.0 Å². The summed E-state index contributed by atoms with van der Waals surface area (Å²) in [7, 11) is 1.92. The number of rotatable bonds is 3. The second-order valence-corrected chi connectivity index (χ2v) is 10.5. The highest BCUT2D eigenvalue weighted by Gasteiger charge is 2.52. The quantitative estimate of drug-likeness (QED) is 0.446. The largest absolute Gasteiger partial charge is 0.515 e. The van der Waals surface area contributed by atoms with Gasteiger partial charge in [-0.05, 0) is 37.3 Å². The summed E-state index contributed by atoms with van der Waals surface area (Å²) in [6.07, 6.45) is 8.95. The summed E-state index contributed by atoms with van der Waals surface area (Å²) in [5, 5.41) is 14.3. The van der Waals surface area contributed by atoms with Crippen LogP contribution in [0.4, 0.5) is 5.82 Å². The van der Waals surface area contributed by atoms with Crippen molar-refractivity contribution in [1.82, 2.24) is 24.3 Å². The van der Waals surface area contributed by atoms with Crippen LogP contribution in [0.15, 0.2) is 42.6 Å². The molecule has 1 saturated carbocycles. The number of fused-ring (bicyclic) bond motifs is 3. The number of anilines is 1. The molecule has 3 aliphatic rings. The van der Waals surface area contributed by atoms with Gasteiger partial charge < -0.3 is 14.7 Å². The number of aryl methyl sites for hydroxylation is 1. The molecule has 3 atom stereocenters. The number of nitrogens with zero attached hydrogens (tertiary/aromatic N) is 6. The molecule has 3 aromatic rings. The van der Waals surface area contributed by atoms with Gasteiger partial charge in [-0.1, -0.05) is 13.8 Å². The number of pyridine rings is 1. The molecule has 3 aromatic heterocycles. The number of ether oxygens (including phenoxy) is 1. The van der Waals surface area contributed by atoms with Crippen molar-refractivity contribution in [1.29, 1.82) is 0 Å². The number of aromatic nitrogens is 5. The Balaban J connectivity index is 1.52. The predicted octanol–water partition coefficient (Wildman–Crippen LogP) is 3.38. The molecule has 188 valence electrons. The summed E-state index contributed by atoms with van der Waals surface area (Å²) in [5.74, 6) is 1.84.